The van der Waals surface area contributed by atoms with Gasteiger partial charge in [0, 0.05) is 31.4 Å². The number of ether oxygens (including phenoxy) is 2. The molecule has 0 heterocycles. The van der Waals surface area contributed by atoms with E-state index < -0.39 is 4.92 Å². The van der Waals surface area contributed by atoms with Gasteiger partial charge in [-0.25, -0.2) is 0 Å². The highest BCUT2D eigenvalue weighted by Crippen LogP contribution is 2.25. The molecule has 0 saturated carbocycles. The van der Waals surface area contributed by atoms with E-state index >= 15 is 0 Å². The predicted octanol–water partition coefficient (Wildman–Crippen LogP) is 3.14. The smallest absolute Gasteiger partial charge is 0.270 e. The summed E-state index contributed by atoms with van der Waals surface area (Å²) in [5.41, 5.74) is 0.662. The summed E-state index contributed by atoms with van der Waals surface area (Å²) in [4.78, 5) is 10.2. The molecule has 1 rings (SSSR count). The molecular formula is C12H16ClNO4. The number of methoxy groups -OCH3 is 1. The van der Waals surface area contributed by atoms with E-state index in [1.54, 1.807) is 13.2 Å². The van der Waals surface area contributed by atoms with E-state index in [1.165, 1.54) is 12.1 Å². The van der Waals surface area contributed by atoms with Gasteiger partial charge in [0.2, 0.25) is 0 Å². The van der Waals surface area contributed by atoms with Crippen molar-refractivity contribution >= 4 is 17.3 Å². The first-order valence-electron chi connectivity index (χ1n) is 5.64. The van der Waals surface area contributed by atoms with Gasteiger partial charge >= 0.3 is 0 Å². The van der Waals surface area contributed by atoms with Gasteiger partial charge in [-0.3, -0.25) is 10.1 Å². The van der Waals surface area contributed by atoms with Crippen molar-refractivity contribution in [3.05, 3.63) is 33.9 Å². The van der Waals surface area contributed by atoms with Gasteiger partial charge in [0.1, 0.15) is 5.75 Å². The van der Waals surface area contributed by atoms with Gasteiger partial charge in [-0.1, -0.05) is 0 Å². The lowest BCUT2D eigenvalue weighted by Crippen LogP contribution is -2.02. The van der Waals surface area contributed by atoms with Crippen LogP contribution in [0.5, 0.6) is 5.75 Å². The second kappa shape index (κ2) is 7.89. The zero-order chi connectivity index (χ0) is 13.4. The van der Waals surface area contributed by atoms with Crippen LogP contribution in [0, 0.1) is 10.1 Å². The number of rotatable bonds is 8. The van der Waals surface area contributed by atoms with Crippen molar-refractivity contribution in [3.63, 3.8) is 0 Å². The standard InChI is InChI=1S/C12H16ClNO4/c1-17-6-2-3-7-18-12-5-4-11(14(15)16)8-10(12)9-13/h4-5,8H,2-3,6-7,9H2,1H3. The molecule has 0 N–H and O–H groups in total. The molecule has 0 aliphatic carbocycles. The van der Waals surface area contributed by atoms with E-state index in [1.807, 2.05) is 0 Å². The number of non-ortho nitro benzene ring substituents is 1. The number of nitrogens with zero attached hydrogens (tertiary/aromatic N) is 1. The van der Waals surface area contributed by atoms with E-state index in [4.69, 9.17) is 21.1 Å². The second-order valence-electron chi connectivity index (χ2n) is 3.73. The molecule has 1 aromatic carbocycles. The average Bonchev–Trinajstić information content (AvgIpc) is 2.38. The first-order valence-corrected chi connectivity index (χ1v) is 6.17. The number of unbranched alkanes of at least 4 members (excludes halogenated alkanes) is 1. The summed E-state index contributed by atoms with van der Waals surface area (Å²) in [7, 11) is 1.66. The van der Waals surface area contributed by atoms with E-state index in [0.717, 1.165) is 12.8 Å². The Kier molecular flexibility index (Phi) is 6.46. The maximum absolute atomic E-state index is 10.6. The van der Waals surface area contributed by atoms with E-state index in [2.05, 4.69) is 0 Å². The van der Waals surface area contributed by atoms with Gasteiger partial charge in [-0.15, -0.1) is 11.6 Å². The first kappa shape index (κ1) is 14.7. The molecule has 1 aromatic rings. The molecule has 0 spiro atoms. The molecular weight excluding hydrogens is 258 g/mol. The molecule has 0 radical (unpaired) electrons. The number of nitro groups is 1. The van der Waals surface area contributed by atoms with E-state index in [9.17, 15) is 10.1 Å². The Morgan fingerprint density at radius 3 is 2.67 bits per heavy atom. The van der Waals surface area contributed by atoms with Crippen LogP contribution in [0.25, 0.3) is 0 Å². The Morgan fingerprint density at radius 1 is 1.33 bits per heavy atom. The maximum atomic E-state index is 10.6. The maximum Gasteiger partial charge on any atom is 0.270 e. The Hall–Kier alpha value is -1.33. The SMILES string of the molecule is COCCCCOc1ccc([N+](=O)[O-])cc1CCl. The van der Waals surface area contributed by atoms with Crippen LogP contribution in [0.4, 0.5) is 5.69 Å². The number of alkyl halides is 1. The number of hydrogen-bond acceptors (Lipinski definition) is 4. The minimum atomic E-state index is -0.446. The third kappa shape index (κ3) is 4.50. The molecule has 0 aliphatic heterocycles. The van der Waals surface area contributed by atoms with Gasteiger partial charge in [0.05, 0.1) is 17.4 Å². The van der Waals surface area contributed by atoms with Gasteiger partial charge in [-0.05, 0) is 18.9 Å². The minimum Gasteiger partial charge on any atom is -0.493 e. The predicted molar refractivity (Wildman–Crippen MR) is 69.3 cm³/mol. The van der Waals surface area contributed by atoms with Gasteiger partial charge in [0.25, 0.3) is 5.69 Å². The van der Waals surface area contributed by atoms with Crippen LogP contribution in [0.3, 0.4) is 0 Å². The monoisotopic (exact) mass is 273 g/mol. The molecule has 0 unspecified atom stereocenters. The molecule has 0 atom stereocenters. The normalized spacial score (nSPS) is 10.3. The van der Waals surface area contributed by atoms with Crippen LogP contribution in [-0.4, -0.2) is 25.2 Å². The van der Waals surface area contributed by atoms with Crippen LogP contribution < -0.4 is 4.74 Å². The molecule has 0 fully saturated rings. The minimum absolute atomic E-state index is 0.0254. The highest BCUT2D eigenvalue weighted by Gasteiger charge is 2.10. The number of benzene rings is 1. The van der Waals surface area contributed by atoms with Gasteiger partial charge in [-0.2, -0.15) is 0 Å². The van der Waals surface area contributed by atoms with Crippen molar-refractivity contribution in [2.45, 2.75) is 18.7 Å². The van der Waals surface area contributed by atoms with Crippen LogP contribution >= 0.6 is 11.6 Å². The quantitative estimate of drug-likeness (QED) is 0.316. The number of hydrogen-bond donors (Lipinski definition) is 0. The lowest BCUT2D eigenvalue weighted by atomic mass is 10.2. The van der Waals surface area contributed by atoms with Crippen LogP contribution in [0.1, 0.15) is 18.4 Å². The van der Waals surface area contributed by atoms with E-state index in [-0.39, 0.29) is 11.6 Å². The molecule has 0 aromatic heterocycles. The molecule has 0 bridgehead atoms. The van der Waals surface area contributed by atoms with Crippen molar-refractivity contribution in [1.29, 1.82) is 0 Å². The highest BCUT2D eigenvalue weighted by molar-refractivity contribution is 6.17. The van der Waals surface area contributed by atoms with Gasteiger partial charge in [0.15, 0.2) is 0 Å². The molecule has 0 amide bonds. The topological polar surface area (TPSA) is 61.6 Å². The largest absolute Gasteiger partial charge is 0.493 e. The molecule has 100 valence electrons. The molecule has 0 saturated heterocycles. The summed E-state index contributed by atoms with van der Waals surface area (Å²) < 4.78 is 10.5. The summed E-state index contributed by atoms with van der Waals surface area (Å²) in [6, 6.07) is 4.45. The summed E-state index contributed by atoms with van der Waals surface area (Å²) in [5, 5.41) is 10.6. The third-order valence-corrected chi connectivity index (χ3v) is 2.69. The average molecular weight is 274 g/mol. The van der Waals surface area contributed by atoms with Crippen molar-refractivity contribution < 1.29 is 14.4 Å². The molecule has 5 nitrogen and oxygen atoms in total. The fraction of sp³-hybridized carbons (Fsp3) is 0.500. The van der Waals surface area contributed by atoms with Crippen LogP contribution in [-0.2, 0) is 10.6 Å². The number of nitro benzene ring substituents is 1. The van der Waals surface area contributed by atoms with E-state index in [0.29, 0.717) is 24.5 Å². The number of halogens is 1. The second-order valence-corrected chi connectivity index (χ2v) is 4.00. The third-order valence-electron chi connectivity index (χ3n) is 2.40. The Balaban J connectivity index is 2.57. The first-order chi connectivity index (χ1) is 8.69. The molecule has 18 heavy (non-hydrogen) atoms. The Bertz CT molecular complexity index is 398. The fourth-order valence-corrected chi connectivity index (χ4v) is 1.66. The Morgan fingerprint density at radius 2 is 2.06 bits per heavy atom. The lowest BCUT2D eigenvalue weighted by Gasteiger charge is -2.09. The molecule has 0 aliphatic rings. The van der Waals surface area contributed by atoms with Crippen molar-refractivity contribution in [2.75, 3.05) is 20.3 Å². The zero-order valence-corrected chi connectivity index (χ0v) is 11.0. The molecule has 6 heteroatoms. The van der Waals surface area contributed by atoms with Gasteiger partial charge < -0.3 is 9.47 Å². The summed E-state index contributed by atoms with van der Waals surface area (Å²) in [6.07, 6.45) is 1.78. The fourth-order valence-electron chi connectivity index (χ4n) is 1.46. The zero-order valence-electron chi connectivity index (χ0n) is 10.2. The summed E-state index contributed by atoms with van der Waals surface area (Å²) in [5.74, 6) is 0.794. The summed E-state index contributed by atoms with van der Waals surface area (Å²) >= 11 is 5.75. The van der Waals surface area contributed by atoms with Crippen molar-refractivity contribution in [1.82, 2.24) is 0 Å². The van der Waals surface area contributed by atoms with Crippen LogP contribution in [0.15, 0.2) is 18.2 Å². The van der Waals surface area contributed by atoms with Crippen molar-refractivity contribution in [3.8, 4) is 5.75 Å². The summed E-state index contributed by atoms with van der Waals surface area (Å²) in [6.45, 7) is 1.25. The Labute approximate surface area is 111 Å². The van der Waals surface area contributed by atoms with Crippen molar-refractivity contribution in [2.24, 2.45) is 0 Å². The van der Waals surface area contributed by atoms with Crippen LogP contribution in [0.2, 0.25) is 0 Å². The lowest BCUT2D eigenvalue weighted by molar-refractivity contribution is -0.384. The highest BCUT2D eigenvalue weighted by atomic mass is 35.5.